The van der Waals surface area contributed by atoms with Crippen molar-refractivity contribution in [1.82, 2.24) is 4.98 Å². The van der Waals surface area contributed by atoms with Crippen molar-refractivity contribution in [2.75, 3.05) is 11.9 Å². The lowest BCUT2D eigenvalue weighted by molar-refractivity contribution is 0.904. The van der Waals surface area contributed by atoms with E-state index in [0.29, 0.717) is 5.56 Å². The van der Waals surface area contributed by atoms with Crippen LogP contribution in [0.4, 0.5) is 5.82 Å². The quantitative estimate of drug-likeness (QED) is 0.574. The summed E-state index contributed by atoms with van der Waals surface area (Å²) in [6.45, 7) is 0.745. The van der Waals surface area contributed by atoms with E-state index in [2.05, 4.69) is 21.8 Å². The Hall–Kier alpha value is -2.40. The zero-order chi connectivity index (χ0) is 14.8. The average Bonchev–Trinajstić information content (AvgIpc) is 2.98. The van der Waals surface area contributed by atoms with Crippen LogP contribution in [-0.2, 0) is 6.54 Å². The van der Waals surface area contributed by atoms with E-state index in [-0.39, 0.29) is 5.84 Å². The van der Waals surface area contributed by atoms with E-state index in [1.165, 1.54) is 5.56 Å². The van der Waals surface area contributed by atoms with Gasteiger partial charge in [0.05, 0.1) is 11.1 Å². The van der Waals surface area contributed by atoms with E-state index in [0.717, 1.165) is 23.3 Å². The fraction of sp³-hybridized carbons (Fsp3) is 0.125. The van der Waals surface area contributed by atoms with Gasteiger partial charge in [-0.2, -0.15) is 11.3 Å². The molecule has 0 atom stereocenters. The van der Waals surface area contributed by atoms with E-state index in [9.17, 15) is 0 Å². The van der Waals surface area contributed by atoms with Crippen molar-refractivity contribution < 1.29 is 0 Å². The Balaban J connectivity index is 2.06. The molecule has 0 saturated carbocycles. The minimum atomic E-state index is 0.0421. The molecule has 3 aromatic rings. The molecule has 0 amide bonds. The molecule has 2 aromatic heterocycles. The lowest BCUT2D eigenvalue weighted by Gasteiger charge is -2.21. The Morgan fingerprint density at radius 3 is 2.86 bits per heavy atom. The van der Waals surface area contributed by atoms with Crippen LogP contribution >= 0.6 is 11.3 Å². The smallest absolute Gasteiger partial charge is 0.140 e. The van der Waals surface area contributed by atoms with Crippen LogP contribution in [0.15, 0.2) is 47.2 Å². The van der Waals surface area contributed by atoms with Crippen LogP contribution in [0.25, 0.3) is 10.9 Å². The van der Waals surface area contributed by atoms with E-state index < -0.39 is 0 Å². The van der Waals surface area contributed by atoms with Gasteiger partial charge in [-0.3, -0.25) is 5.41 Å². The van der Waals surface area contributed by atoms with Crippen molar-refractivity contribution in [3.05, 3.63) is 58.3 Å². The van der Waals surface area contributed by atoms with Crippen LogP contribution in [0.1, 0.15) is 11.1 Å². The van der Waals surface area contributed by atoms with Gasteiger partial charge < -0.3 is 10.6 Å². The van der Waals surface area contributed by atoms with Gasteiger partial charge in [-0.25, -0.2) is 4.98 Å². The third-order valence-corrected chi connectivity index (χ3v) is 4.09. The van der Waals surface area contributed by atoms with E-state index in [4.69, 9.17) is 11.1 Å². The highest BCUT2D eigenvalue weighted by Crippen LogP contribution is 2.24. The van der Waals surface area contributed by atoms with Gasteiger partial charge in [0.1, 0.15) is 11.7 Å². The Morgan fingerprint density at radius 2 is 2.14 bits per heavy atom. The molecular weight excluding hydrogens is 280 g/mol. The first-order chi connectivity index (χ1) is 10.1. The zero-order valence-electron chi connectivity index (χ0n) is 11.7. The highest BCUT2D eigenvalue weighted by atomic mass is 32.1. The number of hydrogen-bond acceptors (Lipinski definition) is 4. The summed E-state index contributed by atoms with van der Waals surface area (Å²) < 4.78 is 0. The van der Waals surface area contributed by atoms with Crippen LogP contribution in [0, 0.1) is 5.41 Å². The van der Waals surface area contributed by atoms with Crippen molar-refractivity contribution in [2.24, 2.45) is 5.73 Å². The summed E-state index contributed by atoms with van der Waals surface area (Å²) >= 11 is 1.68. The second kappa shape index (κ2) is 5.54. The fourth-order valence-electron chi connectivity index (χ4n) is 2.33. The molecule has 4 nitrogen and oxygen atoms in total. The first-order valence-electron chi connectivity index (χ1n) is 6.61. The summed E-state index contributed by atoms with van der Waals surface area (Å²) in [6, 6.07) is 11.9. The largest absolute Gasteiger partial charge is 0.384 e. The Morgan fingerprint density at radius 1 is 1.33 bits per heavy atom. The first kappa shape index (κ1) is 13.6. The molecule has 0 unspecified atom stereocenters. The number of thiophene rings is 1. The molecule has 0 aliphatic rings. The predicted molar refractivity (Wildman–Crippen MR) is 89.2 cm³/mol. The molecule has 2 heterocycles. The van der Waals surface area contributed by atoms with E-state index in [1.807, 2.05) is 42.3 Å². The van der Waals surface area contributed by atoms with Crippen LogP contribution in [0.3, 0.4) is 0 Å². The van der Waals surface area contributed by atoms with Crippen LogP contribution < -0.4 is 10.6 Å². The summed E-state index contributed by atoms with van der Waals surface area (Å²) in [7, 11) is 1.97. The second-order valence-electron chi connectivity index (χ2n) is 4.95. The molecule has 3 N–H and O–H groups in total. The minimum Gasteiger partial charge on any atom is -0.384 e. The number of pyridine rings is 1. The maximum atomic E-state index is 7.81. The molecule has 0 radical (unpaired) electrons. The molecule has 0 fully saturated rings. The summed E-state index contributed by atoms with van der Waals surface area (Å²) in [5.74, 6) is 0.785. The molecule has 106 valence electrons. The Kier molecular flexibility index (Phi) is 3.58. The molecular formula is C16H16N4S. The SMILES string of the molecule is CN(Cc1ccsc1)c1nc2ccccc2cc1C(=N)N. The predicted octanol–water partition coefficient (Wildman–Crippen LogP) is 3.22. The number of nitrogens with two attached hydrogens (primary N) is 1. The molecule has 0 aliphatic carbocycles. The van der Waals surface area contributed by atoms with Crippen molar-refractivity contribution in [1.29, 1.82) is 5.41 Å². The van der Waals surface area contributed by atoms with E-state index in [1.54, 1.807) is 11.3 Å². The third-order valence-electron chi connectivity index (χ3n) is 3.36. The van der Waals surface area contributed by atoms with Gasteiger partial charge in [0.25, 0.3) is 0 Å². The molecule has 5 heteroatoms. The summed E-state index contributed by atoms with van der Waals surface area (Å²) in [6.07, 6.45) is 0. The standard InChI is InChI=1S/C16H16N4S/c1-20(9-11-6-7-21-10-11)16-13(15(17)18)8-12-4-2-3-5-14(12)19-16/h2-8,10H,9H2,1H3,(H3,17,18). The number of rotatable bonds is 4. The van der Waals surface area contributed by atoms with Gasteiger partial charge in [-0.1, -0.05) is 18.2 Å². The van der Waals surface area contributed by atoms with Crippen LogP contribution in [0.5, 0.6) is 0 Å². The lowest BCUT2D eigenvalue weighted by Crippen LogP contribution is -2.23. The number of nitrogens with one attached hydrogen (secondary N) is 1. The van der Waals surface area contributed by atoms with Gasteiger partial charge >= 0.3 is 0 Å². The number of nitrogens with zero attached hydrogens (tertiary/aromatic N) is 2. The summed E-state index contributed by atoms with van der Waals surface area (Å²) in [5, 5.41) is 13.0. The van der Waals surface area contributed by atoms with Gasteiger partial charge in [0.15, 0.2) is 0 Å². The van der Waals surface area contributed by atoms with Gasteiger partial charge in [0, 0.05) is 19.0 Å². The number of aromatic nitrogens is 1. The fourth-order valence-corrected chi connectivity index (χ4v) is 2.99. The normalized spacial score (nSPS) is 10.7. The minimum absolute atomic E-state index is 0.0421. The summed E-state index contributed by atoms with van der Waals surface area (Å²) in [4.78, 5) is 6.72. The third kappa shape index (κ3) is 2.73. The molecule has 0 spiro atoms. The van der Waals surface area contributed by atoms with E-state index >= 15 is 0 Å². The molecule has 3 rings (SSSR count). The number of nitrogen functional groups attached to an aromatic ring is 1. The summed E-state index contributed by atoms with van der Waals surface area (Å²) in [5.41, 5.74) is 8.55. The van der Waals surface area contributed by atoms with Crippen LogP contribution in [0.2, 0.25) is 0 Å². The maximum Gasteiger partial charge on any atom is 0.140 e. The zero-order valence-corrected chi connectivity index (χ0v) is 12.5. The van der Waals surface area contributed by atoms with Crippen molar-refractivity contribution in [3.8, 4) is 0 Å². The number of benzene rings is 1. The first-order valence-corrected chi connectivity index (χ1v) is 7.56. The highest BCUT2D eigenvalue weighted by molar-refractivity contribution is 7.07. The van der Waals surface area contributed by atoms with Gasteiger partial charge in [0.2, 0.25) is 0 Å². The van der Waals surface area contributed by atoms with Gasteiger partial charge in [-0.05, 0) is 34.5 Å². The number of fused-ring (bicyclic) bond motifs is 1. The average molecular weight is 296 g/mol. The Bertz CT molecular complexity index is 780. The molecule has 21 heavy (non-hydrogen) atoms. The number of hydrogen-bond donors (Lipinski definition) is 2. The lowest BCUT2D eigenvalue weighted by atomic mass is 10.1. The van der Waals surface area contributed by atoms with Crippen molar-refractivity contribution in [3.63, 3.8) is 0 Å². The number of amidine groups is 1. The molecule has 0 saturated heterocycles. The maximum absolute atomic E-state index is 7.81. The van der Waals surface area contributed by atoms with Gasteiger partial charge in [-0.15, -0.1) is 0 Å². The Labute approximate surface area is 127 Å². The molecule has 1 aromatic carbocycles. The van der Waals surface area contributed by atoms with Crippen molar-refractivity contribution >= 4 is 33.9 Å². The monoisotopic (exact) mass is 296 g/mol. The number of para-hydroxylation sites is 1. The molecule has 0 aliphatic heterocycles. The second-order valence-corrected chi connectivity index (χ2v) is 5.73. The van der Waals surface area contributed by atoms with Crippen molar-refractivity contribution in [2.45, 2.75) is 6.54 Å². The molecule has 0 bridgehead atoms. The highest BCUT2D eigenvalue weighted by Gasteiger charge is 2.14. The number of anilines is 1. The van der Waals surface area contributed by atoms with Crippen LogP contribution in [-0.4, -0.2) is 17.9 Å². The topological polar surface area (TPSA) is 66.0 Å².